The Kier molecular flexibility index (Phi) is 2.07. The topological polar surface area (TPSA) is 0 Å². The van der Waals surface area contributed by atoms with Crippen molar-refractivity contribution in [3.63, 3.8) is 0 Å². The second kappa shape index (κ2) is 2.72. The van der Waals surface area contributed by atoms with Crippen LogP contribution in [-0.2, 0) is 0 Å². The third-order valence-corrected chi connectivity index (χ3v) is 1.69. The minimum atomic E-state index is -4.15. The fourth-order valence-corrected chi connectivity index (χ4v) is 1.12. The number of allylic oxidation sites excluding steroid dienone is 3. The molecule has 0 spiro atoms. The Hall–Kier alpha value is -0.730. The summed E-state index contributed by atoms with van der Waals surface area (Å²) < 4.78 is 36.0. The molecule has 0 unspecified atom stereocenters. The van der Waals surface area contributed by atoms with Crippen molar-refractivity contribution in [2.24, 2.45) is 0 Å². The quantitative estimate of drug-likeness (QED) is 0.513. The molecule has 0 saturated carbocycles. The van der Waals surface area contributed by atoms with E-state index in [0.717, 1.165) is 6.08 Å². The van der Waals surface area contributed by atoms with Crippen molar-refractivity contribution in [2.45, 2.75) is 25.4 Å². The van der Waals surface area contributed by atoms with E-state index < -0.39 is 11.7 Å². The zero-order valence-corrected chi connectivity index (χ0v) is 6.04. The van der Waals surface area contributed by atoms with Crippen LogP contribution >= 0.6 is 0 Å². The highest BCUT2D eigenvalue weighted by atomic mass is 19.4. The Morgan fingerprint density at radius 2 is 1.91 bits per heavy atom. The van der Waals surface area contributed by atoms with Gasteiger partial charge in [0.05, 0.1) is 0 Å². The van der Waals surface area contributed by atoms with Crippen molar-refractivity contribution in [1.29, 1.82) is 0 Å². The van der Waals surface area contributed by atoms with Gasteiger partial charge in [0.1, 0.15) is 0 Å². The van der Waals surface area contributed by atoms with Gasteiger partial charge in [-0.1, -0.05) is 18.2 Å². The Bertz CT molecular complexity index is 198. The van der Waals surface area contributed by atoms with Crippen LogP contribution < -0.4 is 0 Å². The molecule has 0 aliphatic heterocycles. The van der Waals surface area contributed by atoms with E-state index in [1.165, 1.54) is 0 Å². The average molecular weight is 162 g/mol. The minimum Gasteiger partial charge on any atom is -0.166 e. The predicted molar refractivity (Wildman–Crippen MR) is 37.1 cm³/mol. The van der Waals surface area contributed by atoms with E-state index >= 15 is 0 Å². The summed E-state index contributed by atoms with van der Waals surface area (Å²) in [5.41, 5.74) is 0.150. The fourth-order valence-electron chi connectivity index (χ4n) is 1.12. The van der Waals surface area contributed by atoms with Crippen molar-refractivity contribution in [2.75, 3.05) is 0 Å². The summed E-state index contributed by atoms with van der Waals surface area (Å²) in [4.78, 5) is 0. The van der Waals surface area contributed by atoms with E-state index in [4.69, 9.17) is 0 Å². The second-order valence-electron chi connectivity index (χ2n) is 2.68. The molecule has 1 rings (SSSR count). The third-order valence-electron chi connectivity index (χ3n) is 1.69. The Labute approximate surface area is 63.4 Å². The standard InChI is InChI=1S/C8H9F3/c1-6-3-2-4-7(5-6)8(9,10)11/h5H,1-4H2. The van der Waals surface area contributed by atoms with Crippen molar-refractivity contribution in [1.82, 2.24) is 0 Å². The van der Waals surface area contributed by atoms with Crippen molar-refractivity contribution < 1.29 is 13.2 Å². The molecule has 0 nitrogen and oxygen atoms in total. The summed E-state index contributed by atoms with van der Waals surface area (Å²) in [7, 11) is 0. The van der Waals surface area contributed by atoms with Crippen LogP contribution in [0.15, 0.2) is 23.8 Å². The van der Waals surface area contributed by atoms with Gasteiger partial charge in [0.2, 0.25) is 0 Å². The van der Waals surface area contributed by atoms with Gasteiger partial charge in [0.25, 0.3) is 0 Å². The maximum Gasteiger partial charge on any atom is 0.412 e. The highest BCUT2D eigenvalue weighted by Gasteiger charge is 2.33. The van der Waals surface area contributed by atoms with Gasteiger partial charge in [-0.2, -0.15) is 13.2 Å². The SMILES string of the molecule is C=C1C=C(C(F)(F)F)CCC1. The Morgan fingerprint density at radius 1 is 1.27 bits per heavy atom. The summed E-state index contributed by atoms with van der Waals surface area (Å²) in [5.74, 6) is 0. The molecule has 0 aromatic carbocycles. The molecule has 0 fully saturated rings. The lowest BCUT2D eigenvalue weighted by molar-refractivity contribution is -0.0945. The van der Waals surface area contributed by atoms with Crippen LogP contribution in [0.25, 0.3) is 0 Å². The van der Waals surface area contributed by atoms with Crippen LogP contribution in [0.4, 0.5) is 13.2 Å². The first-order chi connectivity index (χ1) is 5.00. The largest absolute Gasteiger partial charge is 0.412 e. The normalized spacial score (nSPS) is 19.9. The molecule has 0 bridgehead atoms. The van der Waals surface area contributed by atoms with Gasteiger partial charge in [-0.25, -0.2) is 0 Å². The van der Waals surface area contributed by atoms with Gasteiger partial charge in [0, 0.05) is 5.57 Å². The molecule has 3 heteroatoms. The van der Waals surface area contributed by atoms with Crippen LogP contribution in [0, 0.1) is 0 Å². The molecule has 0 saturated heterocycles. The molecule has 0 aromatic heterocycles. The van der Waals surface area contributed by atoms with Gasteiger partial charge in [-0.3, -0.25) is 0 Å². The highest BCUT2D eigenvalue weighted by Crippen LogP contribution is 2.33. The van der Waals surface area contributed by atoms with Gasteiger partial charge < -0.3 is 0 Å². The molecule has 0 N–H and O–H groups in total. The molecule has 0 radical (unpaired) electrons. The van der Waals surface area contributed by atoms with Crippen LogP contribution in [0.3, 0.4) is 0 Å². The van der Waals surface area contributed by atoms with Gasteiger partial charge in [0.15, 0.2) is 0 Å². The molecule has 0 atom stereocenters. The summed E-state index contributed by atoms with van der Waals surface area (Å²) in [5, 5.41) is 0. The van der Waals surface area contributed by atoms with Crippen LogP contribution in [0.1, 0.15) is 19.3 Å². The molecule has 1 aliphatic carbocycles. The van der Waals surface area contributed by atoms with Crippen LogP contribution in [-0.4, -0.2) is 6.18 Å². The van der Waals surface area contributed by atoms with Gasteiger partial charge in [-0.05, 0) is 19.3 Å². The lowest BCUT2D eigenvalue weighted by Gasteiger charge is -2.16. The van der Waals surface area contributed by atoms with Crippen molar-refractivity contribution in [3.05, 3.63) is 23.8 Å². The summed E-state index contributed by atoms with van der Waals surface area (Å²) in [6, 6.07) is 0. The zero-order chi connectivity index (χ0) is 8.48. The zero-order valence-electron chi connectivity index (χ0n) is 6.04. The molecule has 62 valence electrons. The summed E-state index contributed by atoms with van der Waals surface area (Å²) in [6.45, 7) is 3.50. The average Bonchev–Trinajstić information content (AvgIpc) is 1.86. The smallest absolute Gasteiger partial charge is 0.166 e. The van der Waals surface area contributed by atoms with E-state index in [9.17, 15) is 13.2 Å². The molecule has 0 aromatic rings. The van der Waals surface area contributed by atoms with E-state index in [1.54, 1.807) is 0 Å². The lowest BCUT2D eigenvalue weighted by atomic mass is 9.96. The molecule has 11 heavy (non-hydrogen) atoms. The number of halogens is 3. The number of hydrogen-bond donors (Lipinski definition) is 0. The van der Waals surface area contributed by atoms with Crippen molar-refractivity contribution in [3.8, 4) is 0 Å². The van der Waals surface area contributed by atoms with Crippen LogP contribution in [0.2, 0.25) is 0 Å². The van der Waals surface area contributed by atoms with E-state index in [2.05, 4.69) is 6.58 Å². The third kappa shape index (κ3) is 2.10. The first-order valence-corrected chi connectivity index (χ1v) is 3.45. The Morgan fingerprint density at radius 3 is 2.27 bits per heavy atom. The second-order valence-corrected chi connectivity index (χ2v) is 2.68. The first kappa shape index (κ1) is 8.37. The summed E-state index contributed by atoms with van der Waals surface area (Å²) in [6.07, 6.45) is -1.58. The number of hydrogen-bond acceptors (Lipinski definition) is 0. The molecule has 1 aliphatic rings. The molecule has 0 amide bonds. The number of rotatable bonds is 0. The molecular weight excluding hydrogens is 153 g/mol. The van der Waals surface area contributed by atoms with E-state index in [0.29, 0.717) is 18.4 Å². The molecular formula is C8H9F3. The predicted octanol–water partition coefficient (Wildman–Crippen LogP) is 3.22. The van der Waals surface area contributed by atoms with Gasteiger partial charge >= 0.3 is 6.18 Å². The van der Waals surface area contributed by atoms with Crippen LogP contribution in [0.5, 0.6) is 0 Å². The molecule has 0 heterocycles. The maximum absolute atomic E-state index is 12.0. The van der Waals surface area contributed by atoms with E-state index in [-0.39, 0.29) is 6.42 Å². The minimum absolute atomic E-state index is 0.141. The number of alkyl halides is 3. The summed E-state index contributed by atoms with van der Waals surface area (Å²) >= 11 is 0. The highest BCUT2D eigenvalue weighted by molar-refractivity contribution is 5.26. The van der Waals surface area contributed by atoms with Crippen molar-refractivity contribution >= 4 is 0 Å². The fraction of sp³-hybridized carbons (Fsp3) is 0.500. The van der Waals surface area contributed by atoms with E-state index in [1.807, 2.05) is 0 Å². The Balaban J connectivity index is 2.79. The lowest BCUT2D eigenvalue weighted by Crippen LogP contribution is -2.14. The first-order valence-electron chi connectivity index (χ1n) is 3.45. The maximum atomic E-state index is 12.0. The monoisotopic (exact) mass is 162 g/mol. The van der Waals surface area contributed by atoms with Gasteiger partial charge in [-0.15, -0.1) is 0 Å².